The minimum absolute atomic E-state index is 0.187. The number of nitrogens with zero attached hydrogens (tertiary/aromatic N) is 2. The number of ketones is 1. The van der Waals surface area contributed by atoms with Crippen LogP contribution in [0.15, 0.2) is 24.3 Å². The minimum Gasteiger partial charge on any atom is -0.444 e. The maximum Gasteiger partial charge on any atom is 0.408 e. The summed E-state index contributed by atoms with van der Waals surface area (Å²) >= 11 is 0. The van der Waals surface area contributed by atoms with E-state index in [1.807, 2.05) is 24.3 Å². The van der Waals surface area contributed by atoms with Crippen molar-refractivity contribution >= 4 is 31.0 Å². The van der Waals surface area contributed by atoms with Crippen LogP contribution in [0.4, 0.5) is 4.79 Å². The summed E-state index contributed by atoms with van der Waals surface area (Å²) in [6.07, 6.45) is -0.630. The van der Waals surface area contributed by atoms with E-state index in [1.54, 1.807) is 25.3 Å². The van der Waals surface area contributed by atoms with Crippen molar-refractivity contribution in [3.63, 3.8) is 0 Å². The summed E-state index contributed by atoms with van der Waals surface area (Å²) in [7, 11) is -1.19. The molecule has 1 aromatic carbocycles. The summed E-state index contributed by atoms with van der Waals surface area (Å²) in [4.78, 5) is 29.0. The van der Waals surface area contributed by atoms with Crippen LogP contribution in [0.25, 0.3) is 11.0 Å². The van der Waals surface area contributed by atoms with Crippen LogP contribution in [0.5, 0.6) is 0 Å². The molecule has 0 atom stereocenters. The van der Waals surface area contributed by atoms with Gasteiger partial charge in [0.1, 0.15) is 12.3 Å². The Morgan fingerprint density at radius 1 is 1.18 bits per heavy atom. The molecule has 0 aliphatic rings. The average Bonchev–Trinajstić information content (AvgIpc) is 2.93. The Balaban J connectivity index is 2.10. The Bertz CT molecular complexity index is 834. The highest BCUT2D eigenvalue weighted by atomic mass is 28.3. The molecular weight excluding hydrogens is 374 g/mol. The lowest BCUT2D eigenvalue weighted by molar-refractivity contribution is 0.0518. The maximum absolute atomic E-state index is 12.7. The van der Waals surface area contributed by atoms with E-state index in [9.17, 15) is 9.59 Å². The van der Waals surface area contributed by atoms with E-state index in [0.29, 0.717) is 6.61 Å². The number of carbonyl (C=O) groups is 2. The molecule has 0 bridgehead atoms. The van der Waals surface area contributed by atoms with Crippen LogP contribution in [0.3, 0.4) is 0 Å². The Hall–Kier alpha value is -2.19. The number of carbonyl (C=O) groups excluding carboxylic acids is 2. The standard InChI is InChI=1S/C20H31N3O4Si/c1-20(2,3)27-19(25)21-13-17(24)18-22-15-9-7-8-10-16(15)23(18)14-26-11-12-28(4,5)6/h7-10H,11-14H2,1-6H3,(H,21,25). The summed E-state index contributed by atoms with van der Waals surface area (Å²) in [6, 6.07) is 8.58. The van der Waals surface area contributed by atoms with Crippen molar-refractivity contribution in [2.24, 2.45) is 0 Å². The van der Waals surface area contributed by atoms with Crippen LogP contribution in [0.1, 0.15) is 31.4 Å². The van der Waals surface area contributed by atoms with Crippen molar-refractivity contribution in [3.05, 3.63) is 30.1 Å². The number of alkyl carbamates (subject to hydrolysis) is 1. The number of para-hydroxylation sites is 2. The molecule has 0 aliphatic carbocycles. The van der Waals surface area contributed by atoms with E-state index >= 15 is 0 Å². The Kier molecular flexibility index (Phi) is 7.00. The van der Waals surface area contributed by atoms with Crippen LogP contribution < -0.4 is 5.32 Å². The van der Waals surface area contributed by atoms with Crippen molar-refractivity contribution in [3.8, 4) is 0 Å². The molecule has 0 aliphatic heterocycles. The van der Waals surface area contributed by atoms with Gasteiger partial charge < -0.3 is 14.8 Å². The lowest BCUT2D eigenvalue weighted by Gasteiger charge is -2.19. The van der Waals surface area contributed by atoms with Crippen LogP contribution in [0.2, 0.25) is 25.7 Å². The molecule has 1 heterocycles. The van der Waals surface area contributed by atoms with Crippen molar-refractivity contribution in [1.82, 2.24) is 14.9 Å². The molecule has 1 amide bonds. The number of hydrogen-bond donors (Lipinski definition) is 1. The van der Waals surface area contributed by atoms with Gasteiger partial charge in [-0.1, -0.05) is 31.8 Å². The van der Waals surface area contributed by atoms with E-state index in [2.05, 4.69) is 29.9 Å². The van der Waals surface area contributed by atoms with E-state index in [1.165, 1.54) is 0 Å². The number of ether oxygens (including phenoxy) is 2. The Labute approximate surface area is 167 Å². The molecule has 2 rings (SSSR count). The van der Waals surface area contributed by atoms with Gasteiger partial charge in [0.25, 0.3) is 0 Å². The van der Waals surface area contributed by atoms with E-state index in [0.717, 1.165) is 17.1 Å². The van der Waals surface area contributed by atoms with Gasteiger partial charge in [-0.05, 0) is 38.9 Å². The zero-order chi connectivity index (χ0) is 20.9. The predicted molar refractivity (Wildman–Crippen MR) is 112 cm³/mol. The second kappa shape index (κ2) is 8.87. The fraction of sp³-hybridized carbons (Fsp3) is 0.550. The fourth-order valence-corrected chi connectivity index (χ4v) is 3.26. The molecule has 28 heavy (non-hydrogen) atoms. The molecular formula is C20H31N3O4Si. The van der Waals surface area contributed by atoms with E-state index in [4.69, 9.17) is 9.47 Å². The predicted octanol–water partition coefficient (Wildman–Crippen LogP) is 4.06. The summed E-state index contributed by atoms with van der Waals surface area (Å²) in [5.41, 5.74) is 0.929. The van der Waals surface area contributed by atoms with E-state index in [-0.39, 0.29) is 24.9 Å². The normalized spacial score (nSPS) is 12.2. The summed E-state index contributed by atoms with van der Waals surface area (Å²) in [5, 5.41) is 2.50. The third-order valence-electron chi connectivity index (χ3n) is 3.91. The third-order valence-corrected chi connectivity index (χ3v) is 5.62. The molecule has 0 unspecified atom stereocenters. The molecule has 8 heteroatoms. The second-order valence-corrected chi connectivity index (χ2v) is 14.6. The maximum atomic E-state index is 12.7. The van der Waals surface area contributed by atoms with Gasteiger partial charge in [0.15, 0.2) is 5.82 Å². The van der Waals surface area contributed by atoms with Crippen LogP contribution in [-0.2, 0) is 16.2 Å². The largest absolute Gasteiger partial charge is 0.444 e. The number of hydrogen-bond acceptors (Lipinski definition) is 5. The summed E-state index contributed by atoms with van der Waals surface area (Å²) in [6.45, 7) is 12.9. The first-order valence-electron chi connectivity index (χ1n) is 9.49. The summed E-state index contributed by atoms with van der Waals surface area (Å²) < 4.78 is 12.8. The van der Waals surface area contributed by atoms with Crippen molar-refractivity contribution in [2.45, 2.75) is 58.8 Å². The number of fused-ring (bicyclic) bond motifs is 1. The van der Waals surface area contributed by atoms with Crippen molar-refractivity contribution in [2.75, 3.05) is 13.2 Å². The number of amides is 1. The molecule has 0 saturated heterocycles. The van der Waals surface area contributed by atoms with Crippen LogP contribution in [-0.4, -0.2) is 48.3 Å². The Morgan fingerprint density at radius 3 is 2.50 bits per heavy atom. The molecule has 154 valence electrons. The van der Waals surface area contributed by atoms with Gasteiger partial charge in [-0.15, -0.1) is 0 Å². The number of imidazole rings is 1. The second-order valence-electron chi connectivity index (χ2n) is 8.98. The Morgan fingerprint density at radius 2 is 1.86 bits per heavy atom. The quantitative estimate of drug-likeness (QED) is 0.407. The van der Waals surface area contributed by atoms with Gasteiger partial charge in [-0.2, -0.15) is 0 Å². The lowest BCUT2D eigenvalue weighted by atomic mass is 10.2. The third kappa shape index (κ3) is 6.76. The van der Waals surface area contributed by atoms with Crippen molar-refractivity contribution in [1.29, 1.82) is 0 Å². The molecule has 7 nitrogen and oxygen atoms in total. The smallest absolute Gasteiger partial charge is 0.408 e. The highest BCUT2D eigenvalue weighted by Gasteiger charge is 2.21. The number of benzene rings is 1. The van der Waals surface area contributed by atoms with Gasteiger partial charge in [0.2, 0.25) is 5.78 Å². The molecule has 0 saturated carbocycles. The van der Waals surface area contributed by atoms with Crippen LogP contribution >= 0.6 is 0 Å². The molecule has 0 fully saturated rings. The molecule has 0 spiro atoms. The minimum atomic E-state index is -1.19. The molecule has 1 N–H and O–H groups in total. The zero-order valence-corrected chi connectivity index (χ0v) is 18.7. The lowest BCUT2D eigenvalue weighted by Crippen LogP contribution is -2.36. The highest BCUT2D eigenvalue weighted by molar-refractivity contribution is 6.76. The van der Waals surface area contributed by atoms with Gasteiger partial charge in [-0.25, -0.2) is 9.78 Å². The summed E-state index contributed by atoms with van der Waals surface area (Å²) in [5.74, 6) is -0.0267. The fourth-order valence-electron chi connectivity index (χ4n) is 2.50. The number of rotatable bonds is 8. The number of Topliss-reactive ketones (excluding diaryl/α,β-unsaturated/α-hetero) is 1. The van der Waals surface area contributed by atoms with Gasteiger partial charge in [0.05, 0.1) is 17.6 Å². The SMILES string of the molecule is CC(C)(C)OC(=O)NCC(=O)c1nc2ccccc2n1COCC[Si](C)(C)C. The van der Waals surface area contributed by atoms with Gasteiger partial charge in [-0.3, -0.25) is 9.36 Å². The number of aromatic nitrogens is 2. The first-order chi connectivity index (χ1) is 13.0. The highest BCUT2D eigenvalue weighted by Crippen LogP contribution is 2.17. The van der Waals surface area contributed by atoms with Crippen molar-refractivity contribution < 1.29 is 19.1 Å². The van der Waals surface area contributed by atoms with Crippen LogP contribution in [0, 0.1) is 0 Å². The monoisotopic (exact) mass is 405 g/mol. The molecule has 1 aromatic heterocycles. The first-order valence-corrected chi connectivity index (χ1v) is 13.2. The first kappa shape index (κ1) is 22.1. The van der Waals surface area contributed by atoms with Gasteiger partial charge >= 0.3 is 6.09 Å². The molecule has 0 radical (unpaired) electrons. The van der Waals surface area contributed by atoms with E-state index < -0.39 is 19.8 Å². The zero-order valence-electron chi connectivity index (χ0n) is 17.7. The number of nitrogens with one attached hydrogen (secondary N) is 1. The topological polar surface area (TPSA) is 82.5 Å². The molecule has 2 aromatic rings. The average molecular weight is 406 g/mol. The van der Waals surface area contributed by atoms with Gasteiger partial charge in [0, 0.05) is 14.7 Å².